The Labute approximate surface area is 106 Å². The third kappa shape index (κ3) is 2.17. The molecule has 0 aliphatic carbocycles. The fraction of sp³-hybridized carbons (Fsp3) is 0.400. The lowest BCUT2D eigenvalue weighted by atomic mass is 10.1. The molecule has 1 aliphatic rings. The lowest BCUT2D eigenvalue weighted by Gasteiger charge is -2.20. The first-order chi connectivity index (χ1) is 8.72. The van der Waals surface area contributed by atoms with Crippen LogP contribution < -0.4 is 0 Å². The Morgan fingerprint density at radius 2 is 2.33 bits per heavy atom. The van der Waals surface area contributed by atoms with Gasteiger partial charge in [0.25, 0.3) is 0 Å². The molecule has 0 amide bonds. The molecule has 1 atom stereocenters. The minimum Gasteiger partial charge on any atom is -0.332 e. The molecule has 1 aromatic carbocycles. The number of fused-ring (bicyclic) bond motifs is 1. The highest BCUT2D eigenvalue weighted by atomic mass is 19.1. The molecule has 0 fully saturated rings. The standard InChI is InChI=1S/C15H17FN2/c1-11-4-2-7-15-17-14(10-18(11)15)9-12-5-3-6-13(16)8-12/h3,5-6,8,10-11H,2,4,7,9H2,1H3. The second-order valence-electron chi connectivity index (χ2n) is 5.10. The topological polar surface area (TPSA) is 17.8 Å². The number of imidazole rings is 1. The first-order valence-corrected chi connectivity index (χ1v) is 6.53. The van der Waals surface area contributed by atoms with Crippen LogP contribution in [-0.4, -0.2) is 9.55 Å². The molecule has 0 radical (unpaired) electrons. The number of benzene rings is 1. The molecular weight excluding hydrogens is 227 g/mol. The fourth-order valence-corrected chi connectivity index (χ4v) is 2.69. The molecule has 0 bridgehead atoms. The maximum atomic E-state index is 13.1. The largest absolute Gasteiger partial charge is 0.332 e. The minimum absolute atomic E-state index is 0.176. The van der Waals surface area contributed by atoms with Crippen molar-refractivity contribution < 1.29 is 4.39 Å². The highest BCUT2D eigenvalue weighted by Crippen LogP contribution is 2.24. The van der Waals surface area contributed by atoms with E-state index >= 15 is 0 Å². The predicted octanol–water partition coefficient (Wildman–Crippen LogP) is 3.51. The van der Waals surface area contributed by atoms with Gasteiger partial charge in [-0.3, -0.25) is 0 Å². The monoisotopic (exact) mass is 244 g/mol. The summed E-state index contributed by atoms with van der Waals surface area (Å²) >= 11 is 0. The number of halogens is 1. The Bertz CT molecular complexity index is 559. The molecule has 0 saturated carbocycles. The molecular formula is C15H17FN2. The number of rotatable bonds is 2. The molecule has 18 heavy (non-hydrogen) atoms. The van der Waals surface area contributed by atoms with Gasteiger partial charge in [0.1, 0.15) is 11.6 Å². The second-order valence-corrected chi connectivity index (χ2v) is 5.10. The summed E-state index contributed by atoms with van der Waals surface area (Å²) in [4.78, 5) is 4.67. The number of nitrogens with zero attached hydrogens (tertiary/aromatic N) is 2. The van der Waals surface area contributed by atoms with Crippen molar-refractivity contribution in [2.45, 2.75) is 38.6 Å². The fourth-order valence-electron chi connectivity index (χ4n) is 2.69. The lowest BCUT2D eigenvalue weighted by molar-refractivity contribution is 0.425. The highest BCUT2D eigenvalue weighted by Gasteiger charge is 2.17. The van der Waals surface area contributed by atoms with E-state index in [4.69, 9.17) is 0 Å². The third-order valence-corrected chi connectivity index (χ3v) is 3.63. The van der Waals surface area contributed by atoms with Gasteiger partial charge in [0, 0.05) is 25.1 Å². The van der Waals surface area contributed by atoms with Gasteiger partial charge in [-0.2, -0.15) is 0 Å². The minimum atomic E-state index is -0.176. The normalized spacial score (nSPS) is 18.7. The third-order valence-electron chi connectivity index (χ3n) is 3.63. The van der Waals surface area contributed by atoms with Crippen molar-refractivity contribution >= 4 is 0 Å². The quantitative estimate of drug-likeness (QED) is 0.790. The molecule has 1 aromatic heterocycles. The van der Waals surface area contributed by atoms with Crippen LogP contribution in [0.1, 0.15) is 42.9 Å². The van der Waals surface area contributed by atoms with Crippen LogP contribution in [0, 0.1) is 5.82 Å². The smallest absolute Gasteiger partial charge is 0.123 e. The van der Waals surface area contributed by atoms with Gasteiger partial charge >= 0.3 is 0 Å². The SMILES string of the molecule is CC1CCCc2nc(Cc3cccc(F)c3)cn21. The van der Waals surface area contributed by atoms with Gasteiger partial charge in [0.05, 0.1) is 5.69 Å². The molecule has 0 N–H and O–H groups in total. The van der Waals surface area contributed by atoms with Crippen molar-refractivity contribution in [1.82, 2.24) is 9.55 Å². The second kappa shape index (κ2) is 4.56. The summed E-state index contributed by atoms with van der Waals surface area (Å²) in [5.74, 6) is 1.00. The van der Waals surface area contributed by atoms with Crippen LogP contribution in [-0.2, 0) is 12.8 Å². The zero-order chi connectivity index (χ0) is 12.5. The molecule has 2 nitrogen and oxygen atoms in total. The Kier molecular flexibility index (Phi) is 2.90. The molecule has 94 valence electrons. The number of aromatic nitrogens is 2. The Hall–Kier alpha value is -1.64. The van der Waals surface area contributed by atoms with E-state index in [9.17, 15) is 4.39 Å². The van der Waals surface area contributed by atoms with Gasteiger partial charge in [-0.05, 0) is 37.5 Å². The molecule has 3 heteroatoms. The van der Waals surface area contributed by atoms with Crippen LogP contribution >= 0.6 is 0 Å². The van der Waals surface area contributed by atoms with Gasteiger partial charge in [-0.15, -0.1) is 0 Å². The summed E-state index contributed by atoms with van der Waals surface area (Å²) < 4.78 is 15.4. The summed E-state index contributed by atoms with van der Waals surface area (Å²) in [5, 5.41) is 0. The maximum Gasteiger partial charge on any atom is 0.123 e. The van der Waals surface area contributed by atoms with Crippen molar-refractivity contribution in [3.05, 3.63) is 53.4 Å². The molecule has 2 aromatic rings. The van der Waals surface area contributed by atoms with Crippen LogP contribution in [0.3, 0.4) is 0 Å². The first-order valence-electron chi connectivity index (χ1n) is 6.53. The van der Waals surface area contributed by atoms with Crippen molar-refractivity contribution in [3.63, 3.8) is 0 Å². The van der Waals surface area contributed by atoms with Gasteiger partial charge in [-0.1, -0.05) is 12.1 Å². The zero-order valence-corrected chi connectivity index (χ0v) is 10.6. The van der Waals surface area contributed by atoms with Crippen LogP contribution in [0.15, 0.2) is 30.5 Å². The van der Waals surface area contributed by atoms with E-state index in [2.05, 4.69) is 22.7 Å². The van der Waals surface area contributed by atoms with Gasteiger partial charge in [-0.25, -0.2) is 9.37 Å². The van der Waals surface area contributed by atoms with Crippen molar-refractivity contribution in [1.29, 1.82) is 0 Å². The Balaban J connectivity index is 1.85. The summed E-state index contributed by atoms with van der Waals surface area (Å²) in [6.07, 6.45) is 6.35. The Morgan fingerprint density at radius 3 is 3.11 bits per heavy atom. The van der Waals surface area contributed by atoms with E-state index in [0.29, 0.717) is 12.5 Å². The van der Waals surface area contributed by atoms with Gasteiger partial charge < -0.3 is 4.57 Å². The number of aryl methyl sites for hydroxylation is 1. The van der Waals surface area contributed by atoms with E-state index < -0.39 is 0 Å². The van der Waals surface area contributed by atoms with Crippen LogP contribution in [0.4, 0.5) is 4.39 Å². The van der Waals surface area contributed by atoms with Crippen molar-refractivity contribution in [3.8, 4) is 0 Å². The zero-order valence-electron chi connectivity index (χ0n) is 10.6. The Morgan fingerprint density at radius 1 is 1.44 bits per heavy atom. The van der Waals surface area contributed by atoms with Gasteiger partial charge in [0.15, 0.2) is 0 Å². The van der Waals surface area contributed by atoms with Crippen LogP contribution in [0.25, 0.3) is 0 Å². The highest BCUT2D eigenvalue weighted by molar-refractivity contribution is 5.22. The molecule has 2 heterocycles. The molecule has 1 aliphatic heterocycles. The van der Waals surface area contributed by atoms with Crippen LogP contribution in [0.2, 0.25) is 0 Å². The average Bonchev–Trinajstić information content (AvgIpc) is 2.73. The van der Waals surface area contributed by atoms with Gasteiger partial charge in [0.2, 0.25) is 0 Å². The molecule has 0 saturated heterocycles. The van der Waals surface area contributed by atoms with Crippen LogP contribution in [0.5, 0.6) is 0 Å². The van der Waals surface area contributed by atoms with E-state index in [-0.39, 0.29) is 5.82 Å². The summed E-state index contributed by atoms with van der Waals surface area (Å²) in [7, 11) is 0. The maximum absolute atomic E-state index is 13.1. The van der Waals surface area contributed by atoms with E-state index in [1.54, 1.807) is 12.1 Å². The lowest BCUT2D eigenvalue weighted by Crippen LogP contribution is -2.14. The summed E-state index contributed by atoms with van der Waals surface area (Å²) in [5.41, 5.74) is 2.03. The van der Waals surface area contributed by atoms with Crippen molar-refractivity contribution in [2.24, 2.45) is 0 Å². The molecule has 1 unspecified atom stereocenters. The molecule has 3 rings (SSSR count). The van der Waals surface area contributed by atoms with E-state index in [1.807, 2.05) is 6.07 Å². The summed E-state index contributed by atoms with van der Waals surface area (Å²) in [6, 6.07) is 7.31. The van der Waals surface area contributed by atoms with Crippen molar-refractivity contribution in [2.75, 3.05) is 0 Å². The number of hydrogen-bond acceptors (Lipinski definition) is 1. The number of hydrogen-bond donors (Lipinski definition) is 0. The predicted molar refractivity (Wildman–Crippen MR) is 69.1 cm³/mol. The van der Waals surface area contributed by atoms with E-state index in [0.717, 1.165) is 17.7 Å². The molecule has 0 spiro atoms. The van der Waals surface area contributed by atoms with E-state index in [1.165, 1.54) is 24.7 Å². The summed E-state index contributed by atoms with van der Waals surface area (Å²) in [6.45, 7) is 2.23. The first kappa shape index (κ1) is 11.5. The average molecular weight is 244 g/mol.